The number of rotatable bonds is 5. The van der Waals surface area contributed by atoms with Crippen molar-refractivity contribution in [3.05, 3.63) is 76.7 Å². The highest BCUT2D eigenvalue weighted by molar-refractivity contribution is 7.17. The van der Waals surface area contributed by atoms with Crippen LogP contribution in [0.15, 0.2) is 54.7 Å². The van der Waals surface area contributed by atoms with Crippen LogP contribution in [0.25, 0.3) is 21.5 Å². The van der Waals surface area contributed by atoms with Gasteiger partial charge in [0.15, 0.2) is 0 Å². The van der Waals surface area contributed by atoms with Crippen LogP contribution in [0.2, 0.25) is 0 Å². The number of carbonyl (C=O) groups is 1. The number of hydrogen-bond donors (Lipinski definition) is 2. The van der Waals surface area contributed by atoms with Crippen LogP contribution < -0.4 is 5.32 Å². The third-order valence-corrected chi connectivity index (χ3v) is 5.65. The van der Waals surface area contributed by atoms with Gasteiger partial charge in [-0.2, -0.15) is 0 Å². The first-order chi connectivity index (χ1) is 13.1. The van der Waals surface area contributed by atoms with Crippen LogP contribution in [-0.4, -0.2) is 22.4 Å². The van der Waals surface area contributed by atoms with E-state index in [2.05, 4.69) is 21.4 Å². The Labute approximate surface area is 160 Å². The fourth-order valence-electron chi connectivity index (χ4n) is 3.05. The Morgan fingerprint density at radius 2 is 1.96 bits per heavy atom. The largest absolute Gasteiger partial charge is 0.361 e. The van der Waals surface area contributed by atoms with Gasteiger partial charge in [0.25, 0.3) is 5.91 Å². The molecule has 0 spiro atoms. The summed E-state index contributed by atoms with van der Waals surface area (Å²) in [4.78, 5) is 20.8. The number of carbonyl (C=O) groups excluding carboxylic acids is 1. The van der Waals surface area contributed by atoms with E-state index >= 15 is 0 Å². The predicted molar refractivity (Wildman–Crippen MR) is 107 cm³/mol. The number of H-pyrrole nitrogens is 1. The number of aromatic amines is 1. The maximum Gasteiger partial charge on any atom is 0.263 e. The molecule has 0 bridgehead atoms. The zero-order chi connectivity index (χ0) is 18.8. The van der Waals surface area contributed by atoms with Gasteiger partial charge in [-0.3, -0.25) is 4.79 Å². The Hall–Kier alpha value is -2.99. The van der Waals surface area contributed by atoms with E-state index in [4.69, 9.17) is 0 Å². The second kappa shape index (κ2) is 7.32. The minimum atomic E-state index is -0.290. The molecule has 27 heavy (non-hydrogen) atoms. The van der Waals surface area contributed by atoms with Crippen molar-refractivity contribution in [1.82, 2.24) is 15.3 Å². The summed E-state index contributed by atoms with van der Waals surface area (Å²) in [5.74, 6) is -0.416. The maximum atomic E-state index is 13.1. The minimum Gasteiger partial charge on any atom is -0.361 e. The number of benzene rings is 2. The number of aryl methyl sites for hydroxylation is 1. The number of nitrogens with one attached hydrogen (secondary N) is 2. The molecule has 0 radical (unpaired) electrons. The van der Waals surface area contributed by atoms with E-state index in [0.717, 1.165) is 17.5 Å². The minimum absolute atomic E-state index is 0.127. The molecule has 0 fully saturated rings. The second-order valence-electron chi connectivity index (χ2n) is 6.31. The molecule has 6 heteroatoms. The number of amides is 1. The van der Waals surface area contributed by atoms with Crippen LogP contribution >= 0.6 is 11.3 Å². The van der Waals surface area contributed by atoms with Gasteiger partial charge < -0.3 is 10.3 Å². The molecule has 2 heterocycles. The first-order valence-electron chi connectivity index (χ1n) is 8.68. The van der Waals surface area contributed by atoms with E-state index in [1.807, 2.05) is 31.3 Å². The number of thiazole rings is 1. The van der Waals surface area contributed by atoms with Crippen molar-refractivity contribution in [1.29, 1.82) is 0 Å². The van der Waals surface area contributed by atoms with Crippen LogP contribution in [0.5, 0.6) is 0 Å². The SMILES string of the molecule is Cc1nc(-c2ccc(F)cc2)sc1C(=O)NCCc1c[nH]c2ccccc12. The molecule has 136 valence electrons. The lowest BCUT2D eigenvalue weighted by atomic mass is 10.1. The summed E-state index contributed by atoms with van der Waals surface area (Å²) in [6.07, 6.45) is 2.74. The number of nitrogens with zero attached hydrogens (tertiary/aromatic N) is 1. The Morgan fingerprint density at radius 1 is 1.19 bits per heavy atom. The van der Waals surface area contributed by atoms with Crippen molar-refractivity contribution in [3.63, 3.8) is 0 Å². The Morgan fingerprint density at radius 3 is 2.78 bits per heavy atom. The van der Waals surface area contributed by atoms with E-state index in [1.54, 1.807) is 12.1 Å². The highest BCUT2D eigenvalue weighted by Crippen LogP contribution is 2.28. The van der Waals surface area contributed by atoms with E-state index in [0.29, 0.717) is 22.1 Å². The average Bonchev–Trinajstić information content (AvgIpc) is 3.26. The highest BCUT2D eigenvalue weighted by atomic mass is 32.1. The van der Waals surface area contributed by atoms with Gasteiger partial charge in [0.05, 0.1) is 5.69 Å². The number of para-hydroxylation sites is 1. The van der Waals surface area contributed by atoms with Crippen LogP contribution in [0, 0.1) is 12.7 Å². The van der Waals surface area contributed by atoms with Crippen molar-refractivity contribution in [2.24, 2.45) is 0 Å². The Kier molecular flexibility index (Phi) is 4.73. The average molecular weight is 379 g/mol. The molecule has 0 aliphatic heterocycles. The van der Waals surface area contributed by atoms with Gasteiger partial charge in [0.1, 0.15) is 15.7 Å². The molecular weight excluding hydrogens is 361 g/mol. The standard InChI is InChI=1S/C21H18FN3OS/c1-13-19(27-21(25-13)14-6-8-16(22)9-7-14)20(26)23-11-10-15-12-24-18-5-3-2-4-17(15)18/h2-9,12,24H,10-11H2,1H3,(H,23,26). The number of aromatic nitrogens is 2. The van der Waals surface area contributed by atoms with E-state index in [-0.39, 0.29) is 11.7 Å². The van der Waals surface area contributed by atoms with Gasteiger partial charge in [0, 0.05) is 29.2 Å². The summed E-state index contributed by atoms with van der Waals surface area (Å²) < 4.78 is 13.1. The quantitative estimate of drug-likeness (QED) is 0.527. The number of hydrogen-bond acceptors (Lipinski definition) is 3. The summed E-state index contributed by atoms with van der Waals surface area (Å²) >= 11 is 1.33. The fraction of sp³-hybridized carbons (Fsp3) is 0.143. The van der Waals surface area contributed by atoms with Crippen LogP contribution in [-0.2, 0) is 6.42 Å². The smallest absolute Gasteiger partial charge is 0.263 e. The number of fused-ring (bicyclic) bond motifs is 1. The third-order valence-electron chi connectivity index (χ3n) is 4.45. The lowest BCUT2D eigenvalue weighted by Gasteiger charge is -2.03. The molecule has 1 amide bonds. The molecule has 0 saturated carbocycles. The topological polar surface area (TPSA) is 57.8 Å². The van der Waals surface area contributed by atoms with Crippen LogP contribution in [0.1, 0.15) is 20.9 Å². The van der Waals surface area contributed by atoms with Crippen molar-refractivity contribution in [3.8, 4) is 10.6 Å². The Balaban J connectivity index is 1.43. The molecule has 0 atom stereocenters. The molecule has 2 N–H and O–H groups in total. The van der Waals surface area contributed by atoms with Gasteiger partial charge in [-0.1, -0.05) is 18.2 Å². The fourth-order valence-corrected chi connectivity index (χ4v) is 4.04. The molecule has 0 aliphatic rings. The first kappa shape index (κ1) is 17.4. The summed E-state index contributed by atoms with van der Waals surface area (Å²) in [5.41, 5.74) is 3.77. The molecule has 0 unspecified atom stereocenters. The van der Waals surface area contributed by atoms with Gasteiger partial charge in [0.2, 0.25) is 0 Å². The van der Waals surface area contributed by atoms with Crippen molar-refractivity contribution < 1.29 is 9.18 Å². The van der Waals surface area contributed by atoms with Crippen molar-refractivity contribution in [2.45, 2.75) is 13.3 Å². The van der Waals surface area contributed by atoms with Gasteiger partial charge in [-0.15, -0.1) is 11.3 Å². The van der Waals surface area contributed by atoms with Crippen molar-refractivity contribution >= 4 is 28.1 Å². The maximum absolute atomic E-state index is 13.1. The monoisotopic (exact) mass is 379 g/mol. The summed E-state index contributed by atoms with van der Waals surface area (Å²) in [5, 5.41) is 4.87. The zero-order valence-corrected chi connectivity index (χ0v) is 15.6. The molecule has 0 saturated heterocycles. The lowest BCUT2D eigenvalue weighted by molar-refractivity contribution is 0.0957. The van der Waals surface area contributed by atoms with E-state index in [1.165, 1.54) is 34.4 Å². The highest BCUT2D eigenvalue weighted by Gasteiger charge is 2.16. The second-order valence-corrected chi connectivity index (χ2v) is 7.30. The predicted octanol–water partition coefficient (Wildman–Crippen LogP) is 4.71. The Bertz CT molecular complexity index is 1100. The third kappa shape index (κ3) is 3.61. The van der Waals surface area contributed by atoms with Crippen LogP contribution in [0.4, 0.5) is 4.39 Å². The zero-order valence-electron chi connectivity index (χ0n) is 14.8. The summed E-state index contributed by atoms with van der Waals surface area (Å²) in [6, 6.07) is 14.3. The van der Waals surface area contributed by atoms with Crippen molar-refractivity contribution in [2.75, 3.05) is 6.54 Å². The lowest BCUT2D eigenvalue weighted by Crippen LogP contribution is -2.25. The van der Waals surface area contributed by atoms with Gasteiger partial charge in [-0.05, 0) is 49.2 Å². The molecule has 4 aromatic rings. The van der Waals surface area contributed by atoms with E-state index < -0.39 is 0 Å². The van der Waals surface area contributed by atoms with E-state index in [9.17, 15) is 9.18 Å². The van der Waals surface area contributed by atoms with Crippen LogP contribution in [0.3, 0.4) is 0 Å². The molecule has 2 aromatic heterocycles. The van der Waals surface area contributed by atoms with Gasteiger partial charge in [-0.25, -0.2) is 9.37 Å². The molecule has 4 rings (SSSR count). The molecule has 0 aliphatic carbocycles. The summed E-state index contributed by atoms with van der Waals surface area (Å²) in [7, 11) is 0. The first-order valence-corrected chi connectivity index (χ1v) is 9.50. The summed E-state index contributed by atoms with van der Waals surface area (Å²) in [6.45, 7) is 2.36. The molecule has 2 aromatic carbocycles. The molecular formula is C21H18FN3OS. The normalized spacial score (nSPS) is 11.0. The van der Waals surface area contributed by atoms with Gasteiger partial charge >= 0.3 is 0 Å². The molecule has 4 nitrogen and oxygen atoms in total. The number of halogens is 1.